The zero-order valence-corrected chi connectivity index (χ0v) is 21.5. The summed E-state index contributed by atoms with van der Waals surface area (Å²) in [5.41, 5.74) is 5.73. The van der Waals surface area contributed by atoms with Crippen LogP contribution in [-0.2, 0) is 0 Å². The molecule has 4 nitrogen and oxygen atoms in total. The summed E-state index contributed by atoms with van der Waals surface area (Å²) in [4.78, 5) is 22.5. The molecular weight excluding hydrogens is 454 g/mol. The predicted octanol–water partition coefficient (Wildman–Crippen LogP) is 6.97. The van der Waals surface area contributed by atoms with Crippen LogP contribution in [0.4, 0.5) is 0 Å². The van der Waals surface area contributed by atoms with Crippen LogP contribution in [0.15, 0.2) is 48.5 Å². The molecule has 1 saturated carbocycles. The predicted molar refractivity (Wildman–Crippen MR) is 142 cm³/mol. The van der Waals surface area contributed by atoms with Gasteiger partial charge in [0, 0.05) is 43.2 Å². The van der Waals surface area contributed by atoms with E-state index >= 15 is 0 Å². The van der Waals surface area contributed by atoms with Crippen molar-refractivity contribution < 1.29 is 4.79 Å². The lowest BCUT2D eigenvalue weighted by Gasteiger charge is -2.34. The minimum atomic E-state index is 0.0765. The van der Waals surface area contributed by atoms with Crippen molar-refractivity contribution in [1.82, 2.24) is 14.8 Å². The van der Waals surface area contributed by atoms with Gasteiger partial charge in [-0.1, -0.05) is 41.9 Å². The second-order valence-electron chi connectivity index (χ2n) is 11.0. The van der Waals surface area contributed by atoms with E-state index in [1.807, 2.05) is 37.1 Å². The second-order valence-corrected chi connectivity index (χ2v) is 11.4. The molecule has 2 unspecified atom stereocenters. The Morgan fingerprint density at radius 1 is 0.943 bits per heavy atom. The SMILES string of the molecule is Cc1ccc(C(=O)N(C)C[C@H]2CC[C@H](CN3C4CCC3c3ccccc34)CC2)c2ccc(Cl)nc12. The molecule has 182 valence electrons. The Bertz CT molecular complexity index is 1230. The van der Waals surface area contributed by atoms with Gasteiger partial charge in [0.2, 0.25) is 0 Å². The van der Waals surface area contributed by atoms with Crippen molar-refractivity contribution in [2.24, 2.45) is 11.8 Å². The van der Waals surface area contributed by atoms with Gasteiger partial charge < -0.3 is 4.90 Å². The van der Waals surface area contributed by atoms with Crippen molar-refractivity contribution >= 4 is 28.4 Å². The molecule has 0 N–H and O–H groups in total. The van der Waals surface area contributed by atoms with Gasteiger partial charge in [-0.2, -0.15) is 0 Å². The monoisotopic (exact) mass is 487 g/mol. The summed E-state index contributed by atoms with van der Waals surface area (Å²) < 4.78 is 0. The highest BCUT2D eigenvalue weighted by atomic mass is 35.5. The van der Waals surface area contributed by atoms with Gasteiger partial charge in [-0.05, 0) is 92.2 Å². The van der Waals surface area contributed by atoms with Crippen molar-refractivity contribution in [2.75, 3.05) is 20.1 Å². The largest absolute Gasteiger partial charge is 0.341 e. The standard InChI is InChI=1S/C30H34ClN3O/c1-19-7-12-25(24-13-16-28(31)32-29(19)24)30(35)33(2)17-20-8-10-21(11-9-20)18-34-26-14-15-27(34)23-6-4-3-5-22(23)26/h3-7,12-13,16,20-21,26-27H,8-11,14-15,17-18H2,1-2H3/t20-,21-,26?,27?. The van der Waals surface area contributed by atoms with Crippen molar-refractivity contribution in [3.63, 3.8) is 0 Å². The third kappa shape index (κ3) is 4.15. The quantitative estimate of drug-likeness (QED) is 0.365. The van der Waals surface area contributed by atoms with Crippen LogP contribution in [0.1, 0.15) is 77.7 Å². The molecule has 2 aromatic carbocycles. The van der Waals surface area contributed by atoms with Crippen LogP contribution in [-0.4, -0.2) is 40.8 Å². The lowest BCUT2D eigenvalue weighted by Crippen LogP contribution is -2.35. The first-order chi connectivity index (χ1) is 17.0. The molecule has 0 spiro atoms. The third-order valence-electron chi connectivity index (χ3n) is 8.80. The number of carbonyl (C=O) groups excluding carboxylic acids is 1. The van der Waals surface area contributed by atoms with E-state index in [1.54, 1.807) is 17.2 Å². The number of nitrogens with zero attached hydrogens (tertiary/aromatic N) is 3. The first-order valence-corrected chi connectivity index (χ1v) is 13.5. The number of rotatable bonds is 5. The Morgan fingerprint density at radius 2 is 1.60 bits per heavy atom. The first-order valence-electron chi connectivity index (χ1n) is 13.2. The zero-order valence-electron chi connectivity index (χ0n) is 20.7. The van der Waals surface area contributed by atoms with Crippen LogP contribution in [0.25, 0.3) is 10.9 Å². The van der Waals surface area contributed by atoms with Crippen molar-refractivity contribution in [3.05, 3.63) is 75.9 Å². The molecule has 1 aliphatic carbocycles. The number of carbonyl (C=O) groups is 1. The highest BCUT2D eigenvalue weighted by molar-refractivity contribution is 6.30. The molecule has 2 atom stereocenters. The van der Waals surface area contributed by atoms with Gasteiger partial charge in [0.15, 0.2) is 0 Å². The molecule has 2 aliphatic heterocycles. The van der Waals surface area contributed by atoms with Crippen LogP contribution < -0.4 is 0 Å². The highest BCUT2D eigenvalue weighted by Crippen LogP contribution is 2.53. The van der Waals surface area contributed by atoms with Crippen molar-refractivity contribution in [2.45, 2.75) is 57.5 Å². The van der Waals surface area contributed by atoms with E-state index in [0.717, 1.165) is 34.5 Å². The Kier molecular flexibility index (Phi) is 6.06. The molecule has 2 bridgehead atoms. The normalized spacial score (nSPS) is 25.7. The van der Waals surface area contributed by atoms with Gasteiger partial charge in [0.25, 0.3) is 5.91 Å². The van der Waals surface area contributed by atoms with Gasteiger partial charge in [0.05, 0.1) is 5.52 Å². The fourth-order valence-electron chi connectivity index (χ4n) is 6.99. The Morgan fingerprint density at radius 3 is 2.29 bits per heavy atom. The summed E-state index contributed by atoms with van der Waals surface area (Å²) in [5.74, 6) is 1.44. The summed E-state index contributed by atoms with van der Waals surface area (Å²) >= 11 is 6.11. The first kappa shape index (κ1) is 23.0. The topological polar surface area (TPSA) is 36.4 Å². The molecule has 6 rings (SSSR count). The van der Waals surface area contributed by atoms with Gasteiger partial charge in [-0.25, -0.2) is 4.98 Å². The molecular formula is C30H34ClN3O. The van der Waals surface area contributed by atoms with Crippen LogP contribution in [0.3, 0.4) is 0 Å². The number of aromatic nitrogens is 1. The van der Waals surface area contributed by atoms with Crippen LogP contribution >= 0.6 is 11.6 Å². The summed E-state index contributed by atoms with van der Waals surface area (Å²) in [6, 6.07) is 18.0. The molecule has 1 amide bonds. The maximum Gasteiger partial charge on any atom is 0.254 e. The number of fused-ring (bicyclic) bond motifs is 6. The Hall–Kier alpha value is -2.43. The van der Waals surface area contributed by atoms with Crippen LogP contribution in [0.2, 0.25) is 5.15 Å². The number of hydrogen-bond donors (Lipinski definition) is 0. The molecule has 3 aromatic rings. The summed E-state index contributed by atoms with van der Waals surface area (Å²) in [6.07, 6.45) is 7.61. The lowest BCUT2D eigenvalue weighted by atomic mass is 9.81. The molecule has 1 aromatic heterocycles. The maximum atomic E-state index is 13.4. The maximum absolute atomic E-state index is 13.4. The number of halogens is 1. The molecule has 2 fully saturated rings. The van der Waals surface area contributed by atoms with E-state index in [2.05, 4.69) is 34.1 Å². The number of benzene rings is 2. The molecule has 3 aliphatic rings. The minimum absolute atomic E-state index is 0.0765. The van der Waals surface area contributed by atoms with Crippen molar-refractivity contribution in [1.29, 1.82) is 0 Å². The summed E-state index contributed by atoms with van der Waals surface area (Å²) in [7, 11) is 1.95. The van der Waals surface area contributed by atoms with E-state index in [4.69, 9.17) is 11.6 Å². The lowest BCUT2D eigenvalue weighted by molar-refractivity contribution is 0.0745. The average Bonchev–Trinajstić information content (AvgIpc) is 3.41. The fourth-order valence-corrected chi connectivity index (χ4v) is 7.14. The second kappa shape index (κ2) is 9.22. The van der Waals surface area contributed by atoms with E-state index in [-0.39, 0.29) is 5.91 Å². The van der Waals surface area contributed by atoms with Gasteiger partial charge >= 0.3 is 0 Å². The van der Waals surface area contributed by atoms with Gasteiger partial charge in [-0.15, -0.1) is 0 Å². The van der Waals surface area contributed by atoms with Crippen LogP contribution in [0.5, 0.6) is 0 Å². The number of hydrogen-bond acceptors (Lipinski definition) is 3. The molecule has 3 heterocycles. The van der Waals surface area contributed by atoms with E-state index in [0.29, 0.717) is 23.2 Å². The van der Waals surface area contributed by atoms with E-state index in [9.17, 15) is 4.79 Å². The van der Waals surface area contributed by atoms with Crippen molar-refractivity contribution in [3.8, 4) is 0 Å². The Labute approximate surface area is 213 Å². The van der Waals surface area contributed by atoms with Crippen LogP contribution in [0, 0.1) is 18.8 Å². The van der Waals surface area contributed by atoms with Gasteiger partial charge in [0.1, 0.15) is 5.15 Å². The molecule has 0 radical (unpaired) electrons. The van der Waals surface area contributed by atoms with Gasteiger partial charge in [-0.3, -0.25) is 9.69 Å². The summed E-state index contributed by atoms with van der Waals surface area (Å²) in [6.45, 7) is 4.06. The third-order valence-corrected chi connectivity index (χ3v) is 9.01. The highest BCUT2D eigenvalue weighted by Gasteiger charge is 2.44. The average molecular weight is 488 g/mol. The molecule has 35 heavy (non-hydrogen) atoms. The number of amides is 1. The number of pyridine rings is 1. The number of aryl methyl sites for hydroxylation is 1. The zero-order chi connectivity index (χ0) is 24.1. The summed E-state index contributed by atoms with van der Waals surface area (Å²) in [5, 5.41) is 1.34. The Balaban J connectivity index is 1.06. The molecule has 5 heteroatoms. The molecule has 1 saturated heterocycles. The fraction of sp³-hybridized carbons (Fsp3) is 0.467. The smallest absolute Gasteiger partial charge is 0.254 e. The van der Waals surface area contributed by atoms with E-state index in [1.165, 1.54) is 45.1 Å². The van der Waals surface area contributed by atoms with E-state index < -0.39 is 0 Å². The minimum Gasteiger partial charge on any atom is -0.341 e.